The van der Waals surface area contributed by atoms with Crippen LogP contribution in [-0.4, -0.2) is 10.1 Å². The van der Waals surface area contributed by atoms with Gasteiger partial charge in [-0.2, -0.15) is 4.98 Å². The van der Waals surface area contributed by atoms with Gasteiger partial charge in [0.05, 0.1) is 10.9 Å². The molecule has 1 aromatic heterocycles. The second kappa shape index (κ2) is 5.75. The quantitative estimate of drug-likeness (QED) is 0.878. The van der Waals surface area contributed by atoms with Crippen LogP contribution in [0, 0.1) is 11.6 Å². The van der Waals surface area contributed by atoms with Crippen LogP contribution in [0.3, 0.4) is 0 Å². The van der Waals surface area contributed by atoms with Gasteiger partial charge in [0, 0.05) is 11.6 Å². The van der Waals surface area contributed by atoms with Crippen LogP contribution in [0.25, 0.3) is 0 Å². The van der Waals surface area contributed by atoms with Gasteiger partial charge in [0.15, 0.2) is 5.13 Å². The Morgan fingerprint density at radius 3 is 2.50 bits per heavy atom. The van der Waals surface area contributed by atoms with Crippen LogP contribution in [-0.2, 0) is 0 Å². The highest BCUT2D eigenvalue weighted by molar-refractivity contribution is 7.16. The molecule has 0 saturated heterocycles. The van der Waals surface area contributed by atoms with Gasteiger partial charge in [-0.25, -0.2) is 8.78 Å². The second-order valence-corrected chi connectivity index (χ2v) is 5.92. The summed E-state index contributed by atoms with van der Waals surface area (Å²) in [5.41, 5.74) is 0.354. The summed E-state index contributed by atoms with van der Waals surface area (Å²) >= 11 is 1.33. The van der Waals surface area contributed by atoms with Crippen molar-refractivity contribution in [3.05, 3.63) is 40.3 Å². The van der Waals surface area contributed by atoms with Crippen LogP contribution < -0.4 is 5.32 Å². The summed E-state index contributed by atoms with van der Waals surface area (Å²) in [5.74, 6) is -1.04. The van der Waals surface area contributed by atoms with E-state index >= 15 is 0 Å². The maximum atomic E-state index is 13.7. The maximum Gasteiger partial charge on any atom is 0.227 e. The Kier molecular flexibility index (Phi) is 4.23. The zero-order chi connectivity index (χ0) is 14.9. The fraction of sp³-hybridized carbons (Fsp3) is 0.357. The van der Waals surface area contributed by atoms with Crippen LogP contribution in [0.5, 0.6) is 5.88 Å². The molecule has 3 nitrogen and oxygen atoms in total. The van der Waals surface area contributed by atoms with E-state index in [9.17, 15) is 13.9 Å². The van der Waals surface area contributed by atoms with E-state index in [1.807, 2.05) is 13.8 Å². The van der Waals surface area contributed by atoms with Crippen molar-refractivity contribution in [3.63, 3.8) is 0 Å². The fourth-order valence-corrected chi connectivity index (χ4v) is 2.83. The summed E-state index contributed by atoms with van der Waals surface area (Å²) < 4.78 is 26.5. The first-order valence-electron chi connectivity index (χ1n) is 6.29. The van der Waals surface area contributed by atoms with E-state index in [-0.39, 0.29) is 17.8 Å². The van der Waals surface area contributed by atoms with E-state index in [1.54, 1.807) is 6.92 Å². The molecule has 1 heterocycles. The Morgan fingerprint density at radius 2 is 1.95 bits per heavy atom. The number of hydrogen-bond donors (Lipinski definition) is 2. The largest absolute Gasteiger partial charge is 0.492 e. The first-order chi connectivity index (χ1) is 9.38. The predicted molar refractivity (Wildman–Crippen MR) is 76.3 cm³/mol. The molecule has 0 saturated carbocycles. The van der Waals surface area contributed by atoms with Gasteiger partial charge < -0.3 is 10.4 Å². The summed E-state index contributed by atoms with van der Waals surface area (Å²) in [7, 11) is 0. The number of thiazole rings is 1. The van der Waals surface area contributed by atoms with Gasteiger partial charge in [0.1, 0.15) is 11.6 Å². The van der Waals surface area contributed by atoms with Crippen LogP contribution in [0.15, 0.2) is 18.2 Å². The van der Waals surface area contributed by atoms with E-state index in [4.69, 9.17) is 0 Å². The molecule has 2 aromatic rings. The molecule has 6 heteroatoms. The molecule has 0 radical (unpaired) electrons. The molecule has 0 amide bonds. The minimum absolute atomic E-state index is 0.000668. The molecule has 1 aromatic carbocycles. The first-order valence-corrected chi connectivity index (χ1v) is 7.11. The van der Waals surface area contributed by atoms with E-state index in [0.717, 1.165) is 10.9 Å². The van der Waals surface area contributed by atoms with Crippen LogP contribution >= 0.6 is 11.3 Å². The van der Waals surface area contributed by atoms with Crippen LogP contribution in [0.2, 0.25) is 0 Å². The van der Waals surface area contributed by atoms with E-state index in [1.165, 1.54) is 23.5 Å². The lowest BCUT2D eigenvalue weighted by Gasteiger charge is -2.14. The molecule has 1 atom stereocenters. The van der Waals surface area contributed by atoms with Crippen molar-refractivity contribution in [2.45, 2.75) is 32.7 Å². The lowest BCUT2D eigenvalue weighted by atomic mass is 10.1. The molecule has 0 aliphatic carbocycles. The van der Waals surface area contributed by atoms with Crippen molar-refractivity contribution in [2.24, 2.45) is 0 Å². The third-order valence-corrected chi connectivity index (χ3v) is 4.20. The van der Waals surface area contributed by atoms with Crippen molar-refractivity contribution in [1.82, 2.24) is 4.98 Å². The maximum absolute atomic E-state index is 13.7. The lowest BCUT2D eigenvalue weighted by molar-refractivity contribution is 0.449. The van der Waals surface area contributed by atoms with E-state index < -0.39 is 11.6 Å². The Hall–Kier alpha value is -1.69. The SMILES string of the molecule is CC(C)c1sc(N[C@@H](C)c2ccc(F)cc2F)nc1O. The second-order valence-electron chi connectivity index (χ2n) is 4.89. The molecule has 0 aliphatic rings. The fourth-order valence-electron chi connectivity index (χ4n) is 1.88. The third kappa shape index (κ3) is 3.07. The minimum Gasteiger partial charge on any atom is -0.492 e. The Morgan fingerprint density at radius 1 is 1.25 bits per heavy atom. The standard InChI is InChI=1S/C14H16F2N2OS/c1-7(2)12-13(19)18-14(20-12)17-8(3)10-5-4-9(15)6-11(10)16/h4-8,19H,1-3H3,(H,17,18)/t8-/m0/s1. The van der Waals surface area contributed by atoms with E-state index in [0.29, 0.717) is 10.7 Å². The normalized spacial score (nSPS) is 12.7. The van der Waals surface area contributed by atoms with Gasteiger partial charge in [0.25, 0.3) is 0 Å². The molecular weight excluding hydrogens is 282 g/mol. The van der Waals surface area contributed by atoms with Crippen molar-refractivity contribution in [1.29, 1.82) is 0 Å². The Balaban J connectivity index is 2.19. The smallest absolute Gasteiger partial charge is 0.227 e. The summed E-state index contributed by atoms with van der Waals surface area (Å²) in [6.45, 7) is 5.67. The number of hydrogen-bond acceptors (Lipinski definition) is 4. The summed E-state index contributed by atoms with van der Waals surface area (Å²) in [6, 6.07) is 3.10. The number of nitrogens with one attached hydrogen (secondary N) is 1. The van der Waals surface area contributed by atoms with Crippen LogP contribution in [0.4, 0.5) is 13.9 Å². The lowest BCUT2D eigenvalue weighted by Crippen LogP contribution is -2.08. The van der Waals surface area contributed by atoms with Gasteiger partial charge in [-0.15, -0.1) is 0 Å². The molecule has 2 N–H and O–H groups in total. The van der Waals surface area contributed by atoms with Crippen molar-refractivity contribution < 1.29 is 13.9 Å². The number of nitrogens with zero attached hydrogens (tertiary/aromatic N) is 1. The zero-order valence-electron chi connectivity index (χ0n) is 11.4. The zero-order valence-corrected chi connectivity index (χ0v) is 12.3. The number of aromatic nitrogens is 1. The highest BCUT2D eigenvalue weighted by Crippen LogP contribution is 2.35. The predicted octanol–water partition coefficient (Wildman–Crippen LogP) is 4.42. The molecule has 0 unspecified atom stereocenters. The Bertz CT molecular complexity index is 613. The van der Waals surface area contributed by atoms with Gasteiger partial charge in [-0.05, 0) is 18.9 Å². The number of benzene rings is 1. The molecule has 0 spiro atoms. The van der Waals surface area contributed by atoms with Gasteiger partial charge in [-0.1, -0.05) is 31.3 Å². The highest BCUT2D eigenvalue weighted by Gasteiger charge is 2.17. The summed E-state index contributed by atoms with van der Waals surface area (Å²) in [5, 5.41) is 13.2. The minimum atomic E-state index is -0.604. The highest BCUT2D eigenvalue weighted by atomic mass is 32.1. The van der Waals surface area contributed by atoms with Gasteiger partial charge >= 0.3 is 0 Å². The van der Waals surface area contributed by atoms with Gasteiger partial charge in [-0.3, -0.25) is 0 Å². The number of rotatable bonds is 4. The topological polar surface area (TPSA) is 45.2 Å². The van der Waals surface area contributed by atoms with Gasteiger partial charge in [0.2, 0.25) is 5.88 Å². The number of anilines is 1. The first kappa shape index (κ1) is 14.7. The molecule has 0 bridgehead atoms. The monoisotopic (exact) mass is 298 g/mol. The third-order valence-electron chi connectivity index (χ3n) is 2.93. The van der Waals surface area contributed by atoms with E-state index in [2.05, 4.69) is 10.3 Å². The Labute approximate surface area is 120 Å². The van der Waals surface area contributed by atoms with Crippen LogP contribution in [0.1, 0.15) is 43.2 Å². The average Bonchev–Trinajstić information content (AvgIpc) is 2.70. The van der Waals surface area contributed by atoms with Crippen molar-refractivity contribution in [3.8, 4) is 5.88 Å². The molecule has 0 aliphatic heterocycles. The van der Waals surface area contributed by atoms with Crippen molar-refractivity contribution in [2.75, 3.05) is 5.32 Å². The summed E-state index contributed by atoms with van der Waals surface area (Å²) in [4.78, 5) is 4.79. The number of halogens is 2. The molecule has 20 heavy (non-hydrogen) atoms. The molecule has 0 fully saturated rings. The summed E-state index contributed by atoms with van der Waals surface area (Å²) in [6.07, 6.45) is 0. The molecular formula is C14H16F2N2OS. The van der Waals surface area contributed by atoms with Crippen molar-refractivity contribution >= 4 is 16.5 Å². The number of aromatic hydroxyl groups is 1. The molecule has 108 valence electrons. The molecule has 2 rings (SSSR count). The average molecular weight is 298 g/mol.